The molecule has 1 aromatic carbocycles. The zero-order valence-corrected chi connectivity index (χ0v) is 12.8. The SMILES string of the molecule is C[C@@H]([C@@H](O)c1ccccc1)[NH+](C)CC(=O)N1CCOCC1. The molecule has 21 heavy (non-hydrogen) atoms. The molecule has 1 saturated heterocycles. The maximum Gasteiger partial charge on any atom is 0.277 e. The molecule has 1 heterocycles. The second-order valence-corrected chi connectivity index (χ2v) is 5.66. The van der Waals surface area contributed by atoms with Gasteiger partial charge >= 0.3 is 0 Å². The Hall–Kier alpha value is -1.43. The molecule has 5 heteroatoms. The number of morpholine rings is 1. The molecule has 0 spiro atoms. The van der Waals surface area contributed by atoms with Gasteiger partial charge in [0.25, 0.3) is 5.91 Å². The Morgan fingerprint density at radius 3 is 2.57 bits per heavy atom. The number of amides is 1. The predicted octanol–water partition coefficient (Wildman–Crippen LogP) is -0.518. The van der Waals surface area contributed by atoms with Crippen LogP contribution in [0.3, 0.4) is 0 Å². The summed E-state index contributed by atoms with van der Waals surface area (Å²) in [6.45, 7) is 4.94. The van der Waals surface area contributed by atoms with Crippen molar-refractivity contribution >= 4 is 5.91 Å². The molecule has 0 bridgehead atoms. The molecule has 2 N–H and O–H groups in total. The number of nitrogens with zero attached hydrogens (tertiary/aromatic N) is 1. The molecule has 3 atom stereocenters. The second kappa shape index (κ2) is 7.54. The van der Waals surface area contributed by atoms with Crippen LogP contribution in [0, 0.1) is 0 Å². The van der Waals surface area contributed by atoms with Gasteiger partial charge < -0.3 is 19.6 Å². The van der Waals surface area contributed by atoms with Crippen molar-refractivity contribution in [3.63, 3.8) is 0 Å². The van der Waals surface area contributed by atoms with E-state index in [1.54, 1.807) is 0 Å². The molecule has 1 amide bonds. The monoisotopic (exact) mass is 293 g/mol. The maximum atomic E-state index is 12.2. The van der Waals surface area contributed by atoms with Crippen molar-refractivity contribution in [2.45, 2.75) is 19.1 Å². The van der Waals surface area contributed by atoms with Crippen LogP contribution < -0.4 is 4.90 Å². The second-order valence-electron chi connectivity index (χ2n) is 5.66. The number of likely N-dealkylation sites (N-methyl/N-ethyl adjacent to an activating group) is 1. The number of ether oxygens (including phenoxy) is 1. The lowest BCUT2D eigenvalue weighted by molar-refractivity contribution is -0.901. The Morgan fingerprint density at radius 2 is 1.95 bits per heavy atom. The fourth-order valence-corrected chi connectivity index (χ4v) is 2.53. The van der Waals surface area contributed by atoms with E-state index >= 15 is 0 Å². The molecule has 0 saturated carbocycles. The van der Waals surface area contributed by atoms with E-state index in [1.807, 2.05) is 49.2 Å². The van der Waals surface area contributed by atoms with E-state index in [-0.39, 0.29) is 11.9 Å². The molecule has 0 aliphatic carbocycles. The van der Waals surface area contributed by atoms with Crippen molar-refractivity contribution in [1.82, 2.24) is 4.90 Å². The lowest BCUT2D eigenvalue weighted by Gasteiger charge is -2.30. The maximum absolute atomic E-state index is 12.2. The number of hydrogen-bond acceptors (Lipinski definition) is 3. The van der Waals surface area contributed by atoms with Gasteiger partial charge in [-0.1, -0.05) is 30.3 Å². The summed E-state index contributed by atoms with van der Waals surface area (Å²) in [5, 5.41) is 10.4. The summed E-state index contributed by atoms with van der Waals surface area (Å²) in [5.74, 6) is 0.128. The van der Waals surface area contributed by atoms with Crippen LogP contribution in [0.2, 0.25) is 0 Å². The minimum Gasteiger partial charge on any atom is -0.382 e. The van der Waals surface area contributed by atoms with Crippen LogP contribution in [0.5, 0.6) is 0 Å². The molecule has 5 nitrogen and oxygen atoms in total. The molecule has 1 aliphatic heterocycles. The minimum atomic E-state index is -0.566. The van der Waals surface area contributed by atoms with E-state index in [4.69, 9.17) is 4.74 Å². The van der Waals surface area contributed by atoms with Crippen LogP contribution >= 0.6 is 0 Å². The van der Waals surface area contributed by atoms with Gasteiger partial charge in [-0.25, -0.2) is 0 Å². The van der Waals surface area contributed by atoms with Gasteiger partial charge in [-0.2, -0.15) is 0 Å². The van der Waals surface area contributed by atoms with Crippen LogP contribution in [0.15, 0.2) is 30.3 Å². The first kappa shape index (κ1) is 15.9. The molecule has 0 aromatic heterocycles. The van der Waals surface area contributed by atoms with Gasteiger partial charge in [0.1, 0.15) is 12.1 Å². The number of aliphatic hydroxyl groups excluding tert-OH is 1. The largest absolute Gasteiger partial charge is 0.382 e. The third-order valence-electron chi connectivity index (χ3n) is 4.19. The molecule has 1 aromatic rings. The van der Waals surface area contributed by atoms with Crippen LogP contribution in [-0.4, -0.2) is 61.9 Å². The quantitative estimate of drug-likeness (QED) is 0.768. The Morgan fingerprint density at radius 1 is 1.33 bits per heavy atom. The third kappa shape index (κ3) is 4.27. The van der Waals surface area contributed by atoms with E-state index < -0.39 is 6.10 Å². The highest BCUT2D eigenvalue weighted by molar-refractivity contribution is 5.77. The molecule has 1 fully saturated rings. The summed E-state index contributed by atoms with van der Waals surface area (Å²) in [4.78, 5) is 15.1. The summed E-state index contributed by atoms with van der Waals surface area (Å²) in [6.07, 6.45) is -0.566. The number of hydrogen-bond donors (Lipinski definition) is 2. The fraction of sp³-hybridized carbons (Fsp3) is 0.562. The zero-order chi connectivity index (χ0) is 15.2. The van der Waals surface area contributed by atoms with Crippen molar-refractivity contribution < 1.29 is 19.5 Å². The van der Waals surface area contributed by atoms with Crippen molar-refractivity contribution in [2.24, 2.45) is 0 Å². The first-order chi connectivity index (χ1) is 10.1. The zero-order valence-electron chi connectivity index (χ0n) is 12.8. The molecule has 1 unspecified atom stereocenters. The van der Waals surface area contributed by atoms with Crippen LogP contribution in [0.4, 0.5) is 0 Å². The van der Waals surface area contributed by atoms with Crippen LogP contribution in [-0.2, 0) is 9.53 Å². The average molecular weight is 293 g/mol. The smallest absolute Gasteiger partial charge is 0.277 e. The lowest BCUT2D eigenvalue weighted by Crippen LogP contribution is -3.14. The lowest BCUT2D eigenvalue weighted by atomic mass is 10.0. The highest BCUT2D eigenvalue weighted by atomic mass is 16.5. The molecule has 1 aliphatic rings. The van der Waals surface area contributed by atoms with Crippen LogP contribution in [0.25, 0.3) is 0 Å². The number of quaternary nitrogens is 1. The van der Waals surface area contributed by atoms with Gasteiger partial charge in [-0.15, -0.1) is 0 Å². The highest BCUT2D eigenvalue weighted by Gasteiger charge is 2.27. The van der Waals surface area contributed by atoms with E-state index in [0.29, 0.717) is 32.8 Å². The van der Waals surface area contributed by atoms with Gasteiger partial charge in [-0.05, 0) is 12.5 Å². The van der Waals surface area contributed by atoms with E-state index in [0.717, 1.165) is 10.5 Å². The average Bonchev–Trinajstić information content (AvgIpc) is 2.55. The third-order valence-corrected chi connectivity index (χ3v) is 4.19. The number of rotatable bonds is 5. The highest BCUT2D eigenvalue weighted by Crippen LogP contribution is 2.14. The van der Waals surface area contributed by atoms with Gasteiger partial charge in [-0.3, -0.25) is 4.79 Å². The first-order valence-corrected chi connectivity index (χ1v) is 7.50. The topological polar surface area (TPSA) is 54.2 Å². The van der Waals surface area contributed by atoms with Crippen molar-refractivity contribution in [3.8, 4) is 0 Å². The molecule has 2 rings (SSSR count). The fourth-order valence-electron chi connectivity index (χ4n) is 2.53. The van der Waals surface area contributed by atoms with E-state index in [2.05, 4.69) is 0 Å². The Bertz CT molecular complexity index is 446. The summed E-state index contributed by atoms with van der Waals surface area (Å²) in [6, 6.07) is 9.55. The molecule has 116 valence electrons. The van der Waals surface area contributed by atoms with Crippen molar-refractivity contribution in [1.29, 1.82) is 0 Å². The summed E-state index contributed by atoms with van der Waals surface area (Å²) in [5.41, 5.74) is 0.892. The minimum absolute atomic E-state index is 0.0441. The van der Waals surface area contributed by atoms with E-state index in [1.165, 1.54) is 0 Å². The number of nitrogens with one attached hydrogen (secondary N) is 1. The summed E-state index contributed by atoms with van der Waals surface area (Å²) < 4.78 is 5.26. The van der Waals surface area contributed by atoms with Gasteiger partial charge in [0.05, 0.1) is 20.3 Å². The normalized spacial score (nSPS) is 19.9. The van der Waals surface area contributed by atoms with Crippen molar-refractivity contribution in [3.05, 3.63) is 35.9 Å². The number of benzene rings is 1. The van der Waals surface area contributed by atoms with Gasteiger partial charge in [0, 0.05) is 13.1 Å². The standard InChI is InChI=1S/C16H24N2O3/c1-13(16(20)14-6-4-3-5-7-14)17(2)12-15(19)18-8-10-21-11-9-18/h3-7,13,16,20H,8-12H2,1-2H3/p+1/t13-,16+/m0/s1. The van der Waals surface area contributed by atoms with E-state index in [9.17, 15) is 9.90 Å². The van der Waals surface area contributed by atoms with Crippen LogP contribution in [0.1, 0.15) is 18.6 Å². The Labute approximate surface area is 126 Å². The summed E-state index contributed by atoms with van der Waals surface area (Å²) in [7, 11) is 1.95. The molecular weight excluding hydrogens is 268 g/mol. The number of carbonyl (C=O) groups is 1. The Kier molecular flexibility index (Phi) is 5.73. The number of carbonyl (C=O) groups excluding carboxylic acids is 1. The van der Waals surface area contributed by atoms with Gasteiger partial charge in [0.2, 0.25) is 0 Å². The number of aliphatic hydroxyl groups is 1. The molecular formula is C16H25N2O3+. The summed E-state index contributed by atoms with van der Waals surface area (Å²) >= 11 is 0. The Balaban J connectivity index is 1.89. The predicted molar refractivity (Wildman–Crippen MR) is 80.0 cm³/mol. The first-order valence-electron chi connectivity index (χ1n) is 7.50. The van der Waals surface area contributed by atoms with Crippen molar-refractivity contribution in [2.75, 3.05) is 39.9 Å². The molecule has 0 radical (unpaired) electrons. The van der Waals surface area contributed by atoms with Gasteiger partial charge in [0.15, 0.2) is 6.54 Å².